The Morgan fingerprint density at radius 2 is 2.20 bits per heavy atom. The largest absolute Gasteiger partial charge is 0.396 e. The Labute approximate surface area is 89.1 Å². The summed E-state index contributed by atoms with van der Waals surface area (Å²) >= 11 is 0. The summed E-state index contributed by atoms with van der Waals surface area (Å²) in [7, 11) is 0. The molecule has 0 aliphatic carbocycles. The highest BCUT2D eigenvalue weighted by molar-refractivity contribution is 5.96. The Morgan fingerprint density at radius 1 is 1.33 bits per heavy atom. The lowest BCUT2D eigenvalue weighted by Crippen LogP contribution is -2.30. The lowest BCUT2D eigenvalue weighted by atomic mass is 10.2. The molecule has 1 saturated heterocycles. The predicted octanol–water partition coefficient (Wildman–Crippen LogP) is 1.57. The third-order valence-corrected chi connectivity index (χ3v) is 2.69. The standard InChI is InChI=1S/C11H15N3O/c12-9-8-13-6-5-10(9)14-7-3-1-2-4-11(14)15/h5-6,8H,1-4,7,12H2. The second kappa shape index (κ2) is 4.29. The van der Waals surface area contributed by atoms with E-state index < -0.39 is 0 Å². The van der Waals surface area contributed by atoms with Gasteiger partial charge in [-0.1, -0.05) is 6.42 Å². The van der Waals surface area contributed by atoms with E-state index in [1.54, 1.807) is 23.4 Å². The van der Waals surface area contributed by atoms with Gasteiger partial charge in [0.1, 0.15) is 0 Å². The minimum Gasteiger partial charge on any atom is -0.396 e. The first kappa shape index (κ1) is 9.96. The van der Waals surface area contributed by atoms with Gasteiger partial charge in [0, 0.05) is 19.2 Å². The highest BCUT2D eigenvalue weighted by atomic mass is 16.2. The minimum atomic E-state index is 0.172. The van der Waals surface area contributed by atoms with Crippen molar-refractivity contribution in [1.82, 2.24) is 4.98 Å². The number of rotatable bonds is 1. The molecule has 1 amide bonds. The zero-order valence-electron chi connectivity index (χ0n) is 8.65. The lowest BCUT2D eigenvalue weighted by Gasteiger charge is -2.21. The van der Waals surface area contributed by atoms with E-state index in [1.807, 2.05) is 0 Å². The second-order valence-electron chi connectivity index (χ2n) is 3.79. The van der Waals surface area contributed by atoms with Gasteiger partial charge < -0.3 is 10.6 Å². The van der Waals surface area contributed by atoms with Crippen molar-refractivity contribution in [2.24, 2.45) is 0 Å². The minimum absolute atomic E-state index is 0.172. The number of nitrogen functional groups attached to an aromatic ring is 1. The molecule has 1 aliphatic rings. The number of carbonyl (C=O) groups is 1. The molecule has 0 saturated carbocycles. The molecule has 2 heterocycles. The molecular weight excluding hydrogens is 190 g/mol. The van der Waals surface area contributed by atoms with Crippen molar-refractivity contribution in [3.8, 4) is 0 Å². The monoisotopic (exact) mass is 205 g/mol. The van der Waals surface area contributed by atoms with E-state index in [0.717, 1.165) is 31.5 Å². The summed E-state index contributed by atoms with van der Waals surface area (Å²) in [4.78, 5) is 17.5. The van der Waals surface area contributed by atoms with Gasteiger partial charge in [-0.2, -0.15) is 0 Å². The summed E-state index contributed by atoms with van der Waals surface area (Å²) in [6.45, 7) is 0.771. The Kier molecular flexibility index (Phi) is 2.85. The van der Waals surface area contributed by atoms with Crippen LogP contribution in [0.5, 0.6) is 0 Å². The van der Waals surface area contributed by atoms with Crippen molar-refractivity contribution >= 4 is 17.3 Å². The van der Waals surface area contributed by atoms with Crippen molar-refractivity contribution in [2.45, 2.75) is 25.7 Å². The SMILES string of the molecule is Nc1cnccc1N1CCCCCC1=O. The van der Waals surface area contributed by atoms with Gasteiger partial charge in [-0.25, -0.2) is 0 Å². The van der Waals surface area contributed by atoms with Gasteiger partial charge in [-0.15, -0.1) is 0 Å². The van der Waals surface area contributed by atoms with Crippen molar-refractivity contribution in [3.63, 3.8) is 0 Å². The number of nitrogens with zero attached hydrogens (tertiary/aromatic N) is 2. The van der Waals surface area contributed by atoms with E-state index in [9.17, 15) is 4.79 Å². The fourth-order valence-corrected chi connectivity index (χ4v) is 1.88. The molecule has 0 radical (unpaired) electrons. The maximum Gasteiger partial charge on any atom is 0.227 e. The summed E-state index contributed by atoms with van der Waals surface area (Å²) < 4.78 is 0. The van der Waals surface area contributed by atoms with E-state index in [4.69, 9.17) is 5.73 Å². The number of anilines is 2. The zero-order chi connectivity index (χ0) is 10.7. The van der Waals surface area contributed by atoms with Crippen molar-refractivity contribution in [1.29, 1.82) is 0 Å². The number of pyridine rings is 1. The quantitative estimate of drug-likeness (QED) is 0.757. The highest BCUT2D eigenvalue weighted by Crippen LogP contribution is 2.24. The van der Waals surface area contributed by atoms with Crippen LogP contribution in [-0.4, -0.2) is 17.4 Å². The van der Waals surface area contributed by atoms with E-state index in [1.165, 1.54) is 0 Å². The maximum atomic E-state index is 11.8. The fraction of sp³-hybridized carbons (Fsp3) is 0.455. The fourth-order valence-electron chi connectivity index (χ4n) is 1.88. The van der Waals surface area contributed by atoms with Gasteiger partial charge in [0.05, 0.1) is 17.6 Å². The van der Waals surface area contributed by atoms with Crippen LogP contribution in [0.25, 0.3) is 0 Å². The average molecular weight is 205 g/mol. The van der Waals surface area contributed by atoms with Gasteiger partial charge in [0.15, 0.2) is 0 Å². The number of carbonyl (C=O) groups excluding carboxylic acids is 1. The van der Waals surface area contributed by atoms with Crippen LogP contribution >= 0.6 is 0 Å². The topological polar surface area (TPSA) is 59.2 Å². The van der Waals surface area contributed by atoms with Gasteiger partial charge in [0.25, 0.3) is 0 Å². The first-order valence-electron chi connectivity index (χ1n) is 5.29. The summed E-state index contributed by atoms with van der Waals surface area (Å²) in [5.41, 5.74) is 7.19. The van der Waals surface area contributed by atoms with Crippen LogP contribution in [0.15, 0.2) is 18.5 Å². The molecule has 80 valence electrons. The van der Waals surface area contributed by atoms with Gasteiger partial charge in [-0.3, -0.25) is 9.78 Å². The normalized spacial score (nSPS) is 17.6. The molecule has 2 N–H and O–H groups in total. The van der Waals surface area contributed by atoms with Crippen molar-refractivity contribution in [2.75, 3.05) is 17.2 Å². The maximum absolute atomic E-state index is 11.8. The molecule has 1 fully saturated rings. The molecule has 1 aromatic rings. The lowest BCUT2D eigenvalue weighted by molar-refractivity contribution is -0.118. The van der Waals surface area contributed by atoms with Crippen LogP contribution in [0, 0.1) is 0 Å². The highest BCUT2D eigenvalue weighted by Gasteiger charge is 2.19. The van der Waals surface area contributed by atoms with Gasteiger partial charge >= 0.3 is 0 Å². The summed E-state index contributed by atoms with van der Waals surface area (Å²) in [5, 5.41) is 0. The molecule has 0 bridgehead atoms. The molecule has 0 atom stereocenters. The number of hydrogen-bond donors (Lipinski definition) is 1. The Hall–Kier alpha value is -1.58. The average Bonchev–Trinajstić information content (AvgIpc) is 2.44. The van der Waals surface area contributed by atoms with Crippen LogP contribution in [0.4, 0.5) is 11.4 Å². The summed E-state index contributed by atoms with van der Waals surface area (Å²) in [6.07, 6.45) is 7.04. The van der Waals surface area contributed by atoms with Gasteiger partial charge in [-0.05, 0) is 18.9 Å². The van der Waals surface area contributed by atoms with E-state index in [0.29, 0.717) is 12.1 Å². The van der Waals surface area contributed by atoms with Crippen LogP contribution in [-0.2, 0) is 4.79 Å². The zero-order valence-corrected chi connectivity index (χ0v) is 8.65. The van der Waals surface area contributed by atoms with Crippen LogP contribution < -0.4 is 10.6 Å². The van der Waals surface area contributed by atoms with E-state index >= 15 is 0 Å². The molecule has 4 heteroatoms. The molecule has 15 heavy (non-hydrogen) atoms. The molecule has 0 spiro atoms. The Balaban J connectivity index is 2.28. The molecule has 0 unspecified atom stereocenters. The number of nitrogens with two attached hydrogens (primary N) is 1. The first-order valence-corrected chi connectivity index (χ1v) is 5.29. The number of amides is 1. The molecule has 1 aliphatic heterocycles. The van der Waals surface area contributed by atoms with Crippen LogP contribution in [0.2, 0.25) is 0 Å². The van der Waals surface area contributed by atoms with Gasteiger partial charge in [0.2, 0.25) is 5.91 Å². The molecule has 2 rings (SSSR count). The molecule has 0 aromatic carbocycles. The molecular formula is C11H15N3O. The van der Waals surface area contributed by atoms with Crippen LogP contribution in [0.3, 0.4) is 0 Å². The second-order valence-corrected chi connectivity index (χ2v) is 3.79. The molecule has 1 aromatic heterocycles. The van der Waals surface area contributed by atoms with E-state index in [2.05, 4.69) is 4.98 Å². The third kappa shape index (κ3) is 2.09. The summed E-state index contributed by atoms with van der Waals surface area (Å²) in [6, 6.07) is 1.80. The van der Waals surface area contributed by atoms with Crippen molar-refractivity contribution < 1.29 is 4.79 Å². The Bertz CT molecular complexity index is 365. The Morgan fingerprint density at radius 3 is 3.00 bits per heavy atom. The predicted molar refractivity (Wildman–Crippen MR) is 59.5 cm³/mol. The van der Waals surface area contributed by atoms with Crippen molar-refractivity contribution in [3.05, 3.63) is 18.5 Å². The van der Waals surface area contributed by atoms with E-state index in [-0.39, 0.29) is 5.91 Å². The number of aromatic nitrogens is 1. The third-order valence-electron chi connectivity index (χ3n) is 2.69. The number of hydrogen-bond acceptors (Lipinski definition) is 3. The summed E-state index contributed by atoms with van der Waals surface area (Å²) in [5.74, 6) is 0.172. The van der Waals surface area contributed by atoms with Crippen LogP contribution in [0.1, 0.15) is 25.7 Å². The molecule has 4 nitrogen and oxygen atoms in total. The first-order chi connectivity index (χ1) is 7.29. The smallest absolute Gasteiger partial charge is 0.227 e.